The van der Waals surface area contributed by atoms with Gasteiger partial charge < -0.3 is 0 Å². The molecule has 19 heavy (non-hydrogen) atoms. The third-order valence-corrected chi connectivity index (χ3v) is 4.99. The summed E-state index contributed by atoms with van der Waals surface area (Å²) in [6, 6.07) is 0. The van der Waals surface area contributed by atoms with E-state index in [2.05, 4.69) is 13.8 Å². The van der Waals surface area contributed by atoms with E-state index in [4.69, 9.17) is 0 Å². The van der Waals surface area contributed by atoms with Crippen molar-refractivity contribution in [2.75, 3.05) is 0 Å². The topological polar surface area (TPSA) is 0 Å². The lowest BCUT2D eigenvalue weighted by molar-refractivity contribution is 0.268. The summed E-state index contributed by atoms with van der Waals surface area (Å²) in [7, 11) is 0. The van der Waals surface area contributed by atoms with Crippen LogP contribution in [0.5, 0.6) is 0 Å². The lowest BCUT2D eigenvalue weighted by Crippen LogP contribution is -2.15. The Morgan fingerprint density at radius 3 is 1.89 bits per heavy atom. The average Bonchev–Trinajstić information content (AvgIpc) is 2.46. The zero-order chi connectivity index (χ0) is 13.8. The summed E-state index contributed by atoms with van der Waals surface area (Å²) >= 11 is 0. The Balaban J connectivity index is 1.84. The molecule has 1 rings (SSSR count). The third-order valence-electron chi connectivity index (χ3n) is 4.99. The summed E-state index contributed by atoms with van der Waals surface area (Å²) in [5, 5.41) is 0. The Kier molecular flexibility index (Phi) is 10.6. The first kappa shape index (κ1) is 17.1. The molecule has 1 radical (unpaired) electrons. The summed E-state index contributed by atoms with van der Waals surface area (Å²) in [5.74, 6) is 1.72. The second kappa shape index (κ2) is 11.8. The minimum absolute atomic E-state index is 0.754. The van der Waals surface area contributed by atoms with E-state index in [9.17, 15) is 0 Å². The number of rotatable bonds is 11. The minimum Gasteiger partial charge on any atom is -0.0654 e. The molecule has 0 aromatic heterocycles. The Bertz CT molecular complexity index is 178. The molecule has 0 N–H and O–H groups in total. The van der Waals surface area contributed by atoms with Gasteiger partial charge in [-0.25, -0.2) is 0 Å². The van der Waals surface area contributed by atoms with Gasteiger partial charge in [-0.3, -0.25) is 0 Å². The van der Waals surface area contributed by atoms with Crippen molar-refractivity contribution in [2.24, 2.45) is 11.8 Å². The second-order valence-corrected chi connectivity index (χ2v) is 6.78. The van der Waals surface area contributed by atoms with E-state index in [1.54, 1.807) is 0 Å². The normalized spacial score (nSPS) is 18.6. The SMILES string of the molecule is [CH2]C(CCCCCCCCCCC)C1CCCCC1. The molecule has 1 aliphatic carbocycles. The van der Waals surface area contributed by atoms with Gasteiger partial charge in [0.15, 0.2) is 0 Å². The highest BCUT2D eigenvalue weighted by Gasteiger charge is 2.19. The largest absolute Gasteiger partial charge is 0.0654 e. The van der Waals surface area contributed by atoms with Gasteiger partial charge in [-0.2, -0.15) is 0 Å². The predicted octanol–water partition coefficient (Wildman–Crippen LogP) is 6.94. The molecule has 1 unspecified atom stereocenters. The molecule has 0 saturated heterocycles. The summed E-state index contributed by atoms with van der Waals surface area (Å²) < 4.78 is 0. The van der Waals surface area contributed by atoms with Crippen LogP contribution in [0.1, 0.15) is 103 Å². The van der Waals surface area contributed by atoms with Gasteiger partial charge in [0.05, 0.1) is 0 Å². The van der Waals surface area contributed by atoms with Crippen molar-refractivity contribution in [3.63, 3.8) is 0 Å². The molecule has 0 spiro atoms. The van der Waals surface area contributed by atoms with Crippen molar-refractivity contribution < 1.29 is 0 Å². The van der Waals surface area contributed by atoms with Crippen LogP contribution in [0.3, 0.4) is 0 Å². The fourth-order valence-electron chi connectivity index (χ4n) is 3.56. The lowest BCUT2D eigenvalue weighted by Gasteiger charge is -2.27. The van der Waals surface area contributed by atoms with Crippen molar-refractivity contribution in [3.8, 4) is 0 Å². The quantitative estimate of drug-likeness (QED) is 0.355. The Morgan fingerprint density at radius 1 is 0.789 bits per heavy atom. The van der Waals surface area contributed by atoms with Gasteiger partial charge in [-0.15, -0.1) is 0 Å². The maximum atomic E-state index is 4.43. The molecule has 0 heteroatoms. The van der Waals surface area contributed by atoms with Gasteiger partial charge in [0.2, 0.25) is 0 Å². The minimum atomic E-state index is 0.754. The second-order valence-electron chi connectivity index (χ2n) is 6.78. The smallest absolute Gasteiger partial charge is 0.0386 e. The molecule has 0 bridgehead atoms. The standard InChI is InChI=1S/C19H37/c1-3-4-5-6-7-8-9-10-12-15-18(2)19-16-13-11-14-17-19/h18-19H,2-17H2,1H3. The van der Waals surface area contributed by atoms with E-state index < -0.39 is 0 Å². The molecule has 0 aliphatic heterocycles. The van der Waals surface area contributed by atoms with Crippen LogP contribution in [0.2, 0.25) is 0 Å². The van der Waals surface area contributed by atoms with Crippen molar-refractivity contribution >= 4 is 0 Å². The predicted molar refractivity (Wildman–Crippen MR) is 87.3 cm³/mol. The van der Waals surface area contributed by atoms with E-state index >= 15 is 0 Å². The molecular formula is C19H37. The van der Waals surface area contributed by atoms with Crippen LogP contribution in [0.15, 0.2) is 0 Å². The average molecular weight is 266 g/mol. The van der Waals surface area contributed by atoms with Crippen LogP contribution >= 0.6 is 0 Å². The molecular weight excluding hydrogens is 228 g/mol. The summed E-state index contributed by atoms with van der Waals surface area (Å²) in [5.41, 5.74) is 0. The highest BCUT2D eigenvalue weighted by molar-refractivity contribution is 4.75. The first-order valence-electron chi connectivity index (χ1n) is 9.17. The molecule has 0 aromatic rings. The molecule has 1 saturated carbocycles. The number of unbranched alkanes of at least 4 members (excludes halogenated alkanes) is 8. The van der Waals surface area contributed by atoms with Crippen molar-refractivity contribution in [1.82, 2.24) is 0 Å². The molecule has 0 amide bonds. The zero-order valence-corrected chi connectivity index (χ0v) is 13.5. The van der Waals surface area contributed by atoms with Gasteiger partial charge in [-0.1, -0.05) is 103 Å². The number of hydrogen-bond donors (Lipinski definition) is 0. The summed E-state index contributed by atoms with van der Waals surface area (Å²) in [4.78, 5) is 0. The lowest BCUT2D eigenvalue weighted by atomic mass is 9.79. The van der Waals surface area contributed by atoms with E-state index in [1.807, 2.05) is 0 Å². The first-order valence-corrected chi connectivity index (χ1v) is 9.17. The van der Waals surface area contributed by atoms with E-state index in [-0.39, 0.29) is 0 Å². The number of hydrogen-bond acceptors (Lipinski definition) is 0. The van der Waals surface area contributed by atoms with Gasteiger partial charge in [0.1, 0.15) is 0 Å². The Labute approximate surface area is 122 Å². The fourth-order valence-corrected chi connectivity index (χ4v) is 3.56. The molecule has 1 atom stereocenters. The van der Waals surface area contributed by atoms with Gasteiger partial charge in [-0.05, 0) is 18.8 Å². The first-order chi connectivity index (χ1) is 9.34. The van der Waals surface area contributed by atoms with Crippen LogP contribution in [0, 0.1) is 18.8 Å². The van der Waals surface area contributed by atoms with E-state index in [0.29, 0.717) is 0 Å². The van der Waals surface area contributed by atoms with Gasteiger partial charge in [0.25, 0.3) is 0 Å². The highest BCUT2D eigenvalue weighted by atomic mass is 14.2. The maximum absolute atomic E-state index is 4.43. The highest BCUT2D eigenvalue weighted by Crippen LogP contribution is 2.32. The molecule has 113 valence electrons. The molecule has 1 aliphatic rings. The summed E-state index contributed by atoms with van der Waals surface area (Å²) in [6.45, 7) is 6.72. The Hall–Kier alpha value is 0. The molecule has 0 nitrogen and oxygen atoms in total. The Morgan fingerprint density at radius 2 is 1.32 bits per heavy atom. The van der Waals surface area contributed by atoms with Gasteiger partial charge >= 0.3 is 0 Å². The van der Waals surface area contributed by atoms with Crippen LogP contribution in [0.25, 0.3) is 0 Å². The van der Waals surface area contributed by atoms with E-state index in [0.717, 1.165) is 11.8 Å². The van der Waals surface area contributed by atoms with Crippen LogP contribution in [0.4, 0.5) is 0 Å². The maximum Gasteiger partial charge on any atom is -0.0386 e. The van der Waals surface area contributed by atoms with E-state index in [1.165, 1.54) is 96.3 Å². The molecule has 0 heterocycles. The molecule has 1 fully saturated rings. The molecule has 0 aromatic carbocycles. The fraction of sp³-hybridized carbons (Fsp3) is 0.947. The van der Waals surface area contributed by atoms with Gasteiger partial charge in [0, 0.05) is 0 Å². The van der Waals surface area contributed by atoms with Crippen molar-refractivity contribution in [1.29, 1.82) is 0 Å². The third kappa shape index (κ3) is 8.71. The van der Waals surface area contributed by atoms with Crippen LogP contribution < -0.4 is 0 Å². The zero-order valence-electron chi connectivity index (χ0n) is 13.5. The van der Waals surface area contributed by atoms with Crippen LogP contribution in [-0.2, 0) is 0 Å². The van der Waals surface area contributed by atoms with Crippen molar-refractivity contribution in [2.45, 2.75) is 103 Å². The van der Waals surface area contributed by atoms with Crippen LogP contribution in [-0.4, -0.2) is 0 Å². The van der Waals surface area contributed by atoms with Crippen molar-refractivity contribution in [3.05, 3.63) is 6.92 Å². The monoisotopic (exact) mass is 265 g/mol. The summed E-state index contributed by atoms with van der Waals surface area (Å²) in [6.07, 6.45) is 21.7.